The fourth-order valence-electron chi connectivity index (χ4n) is 1.75. The van der Waals surface area contributed by atoms with Crippen LogP contribution >= 0.6 is 0 Å². The predicted molar refractivity (Wildman–Crippen MR) is 103 cm³/mol. The lowest BCUT2D eigenvalue weighted by molar-refractivity contribution is 0.499. The third-order valence-electron chi connectivity index (χ3n) is 3.65. The van der Waals surface area contributed by atoms with Crippen LogP contribution in [0.1, 0.15) is 67.1 Å². The van der Waals surface area contributed by atoms with E-state index >= 15 is 0 Å². The molecule has 0 unspecified atom stereocenters. The number of aromatic amines is 1. The van der Waals surface area contributed by atoms with Crippen LogP contribution in [0.5, 0.6) is 0 Å². The summed E-state index contributed by atoms with van der Waals surface area (Å²) in [5, 5.41) is 25.3. The van der Waals surface area contributed by atoms with E-state index in [0.717, 1.165) is 12.2 Å². The fraction of sp³-hybridized carbons (Fsp3) is 0.667. The van der Waals surface area contributed by atoms with Gasteiger partial charge in [0, 0.05) is 17.7 Å². The summed E-state index contributed by atoms with van der Waals surface area (Å²) in [5.74, 6) is 0. The molecule has 0 bridgehead atoms. The lowest BCUT2D eigenvalue weighted by Gasteiger charge is -2.17. The molecule has 0 saturated carbocycles. The summed E-state index contributed by atoms with van der Waals surface area (Å²) in [4.78, 5) is 0. The van der Waals surface area contributed by atoms with Crippen molar-refractivity contribution >= 4 is 0 Å². The number of hydrogen-bond acceptors (Lipinski definition) is 6. The number of rotatable bonds is 1. The van der Waals surface area contributed by atoms with E-state index in [1.54, 1.807) is 17.1 Å². The van der Waals surface area contributed by atoms with Gasteiger partial charge in [0.05, 0.1) is 30.8 Å². The molecule has 1 aliphatic heterocycles. The molecule has 3 rings (SSSR count). The second-order valence-electron chi connectivity index (χ2n) is 8.40. The lowest BCUT2D eigenvalue weighted by Crippen LogP contribution is -2.11. The van der Waals surface area contributed by atoms with E-state index in [-0.39, 0.29) is 10.8 Å². The van der Waals surface area contributed by atoms with Gasteiger partial charge in [0.2, 0.25) is 0 Å². The molecule has 2 aromatic rings. The number of aromatic nitrogens is 6. The number of H-pyrrole nitrogens is 1. The van der Waals surface area contributed by atoms with Crippen molar-refractivity contribution in [2.24, 2.45) is 15.6 Å². The highest BCUT2D eigenvalue weighted by Gasteiger charge is 2.18. The number of hydrogen-bond donors (Lipinski definition) is 1. The van der Waals surface area contributed by atoms with Gasteiger partial charge in [0.25, 0.3) is 0 Å². The summed E-state index contributed by atoms with van der Waals surface area (Å²) in [7, 11) is 0. The van der Waals surface area contributed by atoms with Gasteiger partial charge in [-0.05, 0) is 24.8 Å². The molecule has 0 aromatic carbocycles. The highest BCUT2D eigenvalue weighted by atomic mass is 15.4. The van der Waals surface area contributed by atoms with E-state index in [1.807, 2.05) is 12.4 Å². The number of nitrogens with one attached hydrogen (secondary N) is 1. The van der Waals surface area contributed by atoms with Crippen molar-refractivity contribution < 1.29 is 0 Å². The molecule has 8 nitrogen and oxygen atoms in total. The van der Waals surface area contributed by atoms with E-state index in [9.17, 15) is 0 Å². The quantitative estimate of drug-likeness (QED) is 0.817. The molecule has 26 heavy (non-hydrogen) atoms. The van der Waals surface area contributed by atoms with Gasteiger partial charge in [0.15, 0.2) is 0 Å². The van der Waals surface area contributed by atoms with Gasteiger partial charge in [-0.15, -0.1) is 5.10 Å². The SMILES string of the molecule is CC(C)(C)C1=CN=NC1.CC(C)(C)c1cn[nH]n1.CC(C)n1ccnn1. The summed E-state index contributed by atoms with van der Waals surface area (Å²) in [6.45, 7) is 17.8. The summed E-state index contributed by atoms with van der Waals surface area (Å²) >= 11 is 0. The van der Waals surface area contributed by atoms with Crippen LogP contribution in [0, 0.1) is 5.41 Å². The van der Waals surface area contributed by atoms with Gasteiger partial charge < -0.3 is 0 Å². The molecule has 0 fully saturated rings. The Hall–Kier alpha value is -2.38. The Morgan fingerprint density at radius 3 is 2.00 bits per heavy atom. The molecule has 144 valence electrons. The molecule has 0 atom stereocenters. The maximum absolute atomic E-state index is 3.95. The van der Waals surface area contributed by atoms with Crippen molar-refractivity contribution in [3.05, 3.63) is 36.1 Å². The average Bonchev–Trinajstić information content (AvgIpc) is 3.28. The van der Waals surface area contributed by atoms with Gasteiger partial charge in [-0.25, -0.2) is 0 Å². The molecular formula is C18H32N8. The summed E-state index contributed by atoms with van der Waals surface area (Å²) in [6.07, 6.45) is 7.14. The van der Waals surface area contributed by atoms with Crippen LogP contribution in [0.2, 0.25) is 0 Å². The fourth-order valence-corrected chi connectivity index (χ4v) is 1.75. The van der Waals surface area contributed by atoms with E-state index < -0.39 is 0 Å². The molecule has 1 N–H and O–H groups in total. The first-order valence-electron chi connectivity index (χ1n) is 8.80. The highest BCUT2D eigenvalue weighted by Crippen LogP contribution is 2.27. The first-order chi connectivity index (χ1) is 12.0. The van der Waals surface area contributed by atoms with Crippen LogP contribution in [0.15, 0.2) is 40.6 Å². The Morgan fingerprint density at radius 2 is 1.77 bits per heavy atom. The van der Waals surface area contributed by atoms with Gasteiger partial charge >= 0.3 is 0 Å². The monoisotopic (exact) mass is 360 g/mol. The molecule has 0 saturated heterocycles. The molecule has 1 aliphatic rings. The first kappa shape index (κ1) is 21.7. The van der Waals surface area contributed by atoms with Crippen LogP contribution in [-0.2, 0) is 5.41 Å². The average molecular weight is 361 g/mol. The minimum Gasteiger partial charge on any atom is -0.250 e. The summed E-state index contributed by atoms with van der Waals surface area (Å²) in [5.41, 5.74) is 2.70. The van der Waals surface area contributed by atoms with Gasteiger partial charge in [0.1, 0.15) is 0 Å². The highest BCUT2D eigenvalue weighted by molar-refractivity contribution is 5.14. The number of nitrogens with zero attached hydrogens (tertiary/aromatic N) is 7. The van der Waals surface area contributed by atoms with Crippen molar-refractivity contribution in [3.8, 4) is 0 Å². The first-order valence-corrected chi connectivity index (χ1v) is 8.80. The van der Waals surface area contributed by atoms with Crippen molar-refractivity contribution in [1.82, 2.24) is 30.4 Å². The van der Waals surface area contributed by atoms with Gasteiger partial charge in [-0.2, -0.15) is 25.6 Å². The molecule has 2 aromatic heterocycles. The second kappa shape index (κ2) is 9.35. The second-order valence-corrected chi connectivity index (χ2v) is 8.40. The Balaban J connectivity index is 0.000000195. The zero-order valence-electron chi connectivity index (χ0n) is 17.2. The molecule has 0 spiro atoms. The van der Waals surface area contributed by atoms with Crippen molar-refractivity contribution in [2.75, 3.05) is 6.54 Å². The van der Waals surface area contributed by atoms with Crippen LogP contribution in [0.3, 0.4) is 0 Å². The van der Waals surface area contributed by atoms with Crippen molar-refractivity contribution in [3.63, 3.8) is 0 Å². The Bertz CT molecular complexity index is 668. The van der Waals surface area contributed by atoms with E-state index in [4.69, 9.17) is 0 Å². The van der Waals surface area contributed by atoms with Crippen LogP contribution < -0.4 is 0 Å². The maximum Gasteiger partial charge on any atom is 0.0877 e. The van der Waals surface area contributed by atoms with Crippen molar-refractivity contribution in [2.45, 2.75) is 66.8 Å². The van der Waals surface area contributed by atoms with E-state index in [1.165, 1.54) is 5.57 Å². The van der Waals surface area contributed by atoms with Crippen LogP contribution in [-0.4, -0.2) is 36.9 Å². The largest absolute Gasteiger partial charge is 0.250 e. The lowest BCUT2D eigenvalue weighted by atomic mass is 9.87. The topological polar surface area (TPSA) is 97.0 Å². The molecule has 0 aliphatic carbocycles. The van der Waals surface area contributed by atoms with E-state index in [2.05, 4.69) is 91.3 Å². The molecule has 3 heterocycles. The third-order valence-corrected chi connectivity index (χ3v) is 3.65. The Morgan fingerprint density at radius 1 is 1.08 bits per heavy atom. The summed E-state index contributed by atoms with van der Waals surface area (Å²) < 4.78 is 1.81. The smallest absolute Gasteiger partial charge is 0.0877 e. The zero-order valence-corrected chi connectivity index (χ0v) is 17.2. The van der Waals surface area contributed by atoms with Gasteiger partial charge in [-0.1, -0.05) is 46.8 Å². The maximum atomic E-state index is 3.95. The normalized spacial score (nSPS) is 13.7. The summed E-state index contributed by atoms with van der Waals surface area (Å²) in [6, 6.07) is 0.428. The van der Waals surface area contributed by atoms with E-state index in [0.29, 0.717) is 6.04 Å². The molecular weight excluding hydrogens is 328 g/mol. The van der Waals surface area contributed by atoms with Crippen LogP contribution in [0.4, 0.5) is 0 Å². The molecule has 0 radical (unpaired) electrons. The third kappa shape index (κ3) is 7.67. The minimum absolute atomic E-state index is 0.118. The number of azo groups is 1. The predicted octanol–water partition coefficient (Wildman–Crippen LogP) is 4.34. The molecule has 8 heteroatoms. The zero-order chi connectivity index (χ0) is 19.8. The van der Waals surface area contributed by atoms with Crippen LogP contribution in [0.25, 0.3) is 0 Å². The Kier molecular flexibility index (Phi) is 7.79. The minimum atomic E-state index is 0.118. The van der Waals surface area contributed by atoms with Gasteiger partial charge in [-0.3, -0.25) is 4.68 Å². The Labute approximate surface area is 156 Å². The molecule has 0 amide bonds. The standard InChI is InChI=1S/C7H12N2.C6H11N3.C5H9N3/c1-7(2,3)6-4-8-9-5-6;1-6(2,3)5-4-7-9-8-5;1-5(2)8-4-3-6-7-8/h4H,5H2,1-3H3;4H,1-3H3,(H,7,8,9);3-5H,1-2H3. The van der Waals surface area contributed by atoms with Crippen molar-refractivity contribution in [1.29, 1.82) is 0 Å².